The zero-order valence-corrected chi connectivity index (χ0v) is 15.3. The van der Waals surface area contributed by atoms with Gasteiger partial charge in [-0.15, -0.1) is 0 Å². The SMILES string of the molecule is CC1CC(C)(C)CCC1(C(=O)O)N(C(=O)OC(C)(C)C)C1CC1. The van der Waals surface area contributed by atoms with Crippen molar-refractivity contribution in [3.63, 3.8) is 0 Å². The summed E-state index contributed by atoms with van der Waals surface area (Å²) in [7, 11) is 0. The monoisotopic (exact) mass is 325 g/mol. The smallest absolute Gasteiger partial charge is 0.411 e. The summed E-state index contributed by atoms with van der Waals surface area (Å²) in [6.07, 6.45) is 3.34. The summed E-state index contributed by atoms with van der Waals surface area (Å²) in [6.45, 7) is 11.8. The van der Waals surface area contributed by atoms with Gasteiger partial charge in [-0.1, -0.05) is 20.8 Å². The number of ether oxygens (including phenoxy) is 1. The van der Waals surface area contributed by atoms with E-state index in [1.807, 2.05) is 27.7 Å². The van der Waals surface area contributed by atoms with Crippen LogP contribution in [0, 0.1) is 11.3 Å². The molecule has 23 heavy (non-hydrogen) atoms. The van der Waals surface area contributed by atoms with Crippen molar-refractivity contribution in [3.05, 3.63) is 0 Å². The molecule has 0 bridgehead atoms. The third-order valence-corrected chi connectivity index (χ3v) is 5.16. The third-order valence-electron chi connectivity index (χ3n) is 5.16. The molecule has 0 aliphatic heterocycles. The van der Waals surface area contributed by atoms with E-state index in [1.165, 1.54) is 0 Å². The molecule has 132 valence electrons. The van der Waals surface area contributed by atoms with E-state index >= 15 is 0 Å². The zero-order valence-electron chi connectivity index (χ0n) is 15.3. The van der Waals surface area contributed by atoms with E-state index in [1.54, 1.807) is 4.90 Å². The molecule has 2 atom stereocenters. The lowest BCUT2D eigenvalue weighted by Crippen LogP contribution is -2.64. The largest absolute Gasteiger partial charge is 0.479 e. The molecule has 2 aliphatic rings. The standard InChI is InChI=1S/C18H31NO4/c1-12-11-17(5,6)9-10-18(12,14(20)21)19(13-7-8-13)15(22)23-16(2,3)4/h12-13H,7-11H2,1-6H3,(H,20,21). The summed E-state index contributed by atoms with van der Waals surface area (Å²) >= 11 is 0. The first-order chi connectivity index (χ1) is 10.4. The maximum Gasteiger partial charge on any atom is 0.411 e. The van der Waals surface area contributed by atoms with Crippen molar-refractivity contribution in [2.24, 2.45) is 11.3 Å². The van der Waals surface area contributed by atoms with E-state index in [-0.39, 0.29) is 17.4 Å². The van der Waals surface area contributed by atoms with Gasteiger partial charge in [0.2, 0.25) is 0 Å². The predicted octanol–water partition coefficient (Wildman–Crippen LogP) is 4.06. The van der Waals surface area contributed by atoms with Gasteiger partial charge >= 0.3 is 12.1 Å². The molecule has 5 nitrogen and oxygen atoms in total. The van der Waals surface area contributed by atoms with Crippen molar-refractivity contribution in [2.75, 3.05) is 0 Å². The van der Waals surface area contributed by atoms with Crippen LogP contribution in [-0.2, 0) is 9.53 Å². The van der Waals surface area contributed by atoms with Crippen LogP contribution in [0.5, 0.6) is 0 Å². The number of carbonyl (C=O) groups is 2. The van der Waals surface area contributed by atoms with Gasteiger partial charge in [-0.3, -0.25) is 4.90 Å². The second-order valence-electron chi connectivity index (χ2n) is 9.08. The Morgan fingerprint density at radius 3 is 2.13 bits per heavy atom. The fraction of sp³-hybridized carbons (Fsp3) is 0.889. The average Bonchev–Trinajstić information content (AvgIpc) is 3.13. The zero-order chi connectivity index (χ0) is 17.6. The molecule has 0 heterocycles. The molecule has 0 saturated heterocycles. The maximum atomic E-state index is 12.8. The first kappa shape index (κ1) is 18.1. The maximum absolute atomic E-state index is 12.8. The number of rotatable bonds is 3. The lowest BCUT2D eigenvalue weighted by molar-refractivity contribution is -0.161. The average molecular weight is 325 g/mol. The van der Waals surface area contributed by atoms with Crippen LogP contribution in [0.15, 0.2) is 0 Å². The highest BCUT2D eigenvalue weighted by Gasteiger charge is 2.59. The van der Waals surface area contributed by atoms with Gasteiger partial charge in [0.05, 0.1) is 0 Å². The van der Waals surface area contributed by atoms with E-state index in [9.17, 15) is 14.7 Å². The van der Waals surface area contributed by atoms with E-state index in [0.717, 1.165) is 25.7 Å². The Balaban J connectivity index is 2.37. The fourth-order valence-corrected chi connectivity index (χ4v) is 3.94. The van der Waals surface area contributed by atoms with E-state index < -0.39 is 23.2 Å². The van der Waals surface area contributed by atoms with Crippen LogP contribution in [0.2, 0.25) is 0 Å². The second kappa shape index (κ2) is 5.67. The Hall–Kier alpha value is -1.26. The minimum absolute atomic E-state index is 0.00427. The predicted molar refractivity (Wildman–Crippen MR) is 88.3 cm³/mol. The first-order valence-corrected chi connectivity index (χ1v) is 8.65. The van der Waals surface area contributed by atoms with Crippen LogP contribution in [0.25, 0.3) is 0 Å². The molecule has 0 radical (unpaired) electrons. The number of nitrogens with zero attached hydrogens (tertiary/aromatic N) is 1. The summed E-state index contributed by atoms with van der Waals surface area (Å²) in [6, 6.07) is 0.00427. The van der Waals surface area contributed by atoms with Crippen LogP contribution >= 0.6 is 0 Å². The summed E-state index contributed by atoms with van der Waals surface area (Å²) in [5.41, 5.74) is -1.65. The van der Waals surface area contributed by atoms with Gasteiger partial charge in [0, 0.05) is 6.04 Å². The molecule has 1 amide bonds. The van der Waals surface area contributed by atoms with Crippen LogP contribution in [0.3, 0.4) is 0 Å². The Morgan fingerprint density at radius 2 is 1.74 bits per heavy atom. The fourth-order valence-electron chi connectivity index (χ4n) is 3.94. The lowest BCUT2D eigenvalue weighted by Gasteiger charge is -2.51. The highest BCUT2D eigenvalue weighted by Crippen LogP contribution is 2.50. The van der Waals surface area contributed by atoms with Gasteiger partial charge in [0.25, 0.3) is 0 Å². The van der Waals surface area contributed by atoms with Gasteiger partial charge in [0.1, 0.15) is 11.1 Å². The van der Waals surface area contributed by atoms with Crippen molar-refractivity contribution in [2.45, 2.75) is 90.8 Å². The number of carbonyl (C=O) groups excluding carboxylic acids is 1. The van der Waals surface area contributed by atoms with Crippen molar-refractivity contribution < 1.29 is 19.4 Å². The number of carboxylic acids is 1. The molecule has 2 saturated carbocycles. The Morgan fingerprint density at radius 1 is 1.17 bits per heavy atom. The quantitative estimate of drug-likeness (QED) is 0.850. The number of hydrogen-bond acceptors (Lipinski definition) is 3. The summed E-state index contributed by atoms with van der Waals surface area (Å²) in [5.74, 6) is -0.991. The van der Waals surface area contributed by atoms with Crippen LogP contribution in [0.4, 0.5) is 4.79 Å². The minimum atomic E-state index is -1.14. The molecule has 5 heteroatoms. The minimum Gasteiger partial charge on any atom is -0.479 e. The van der Waals surface area contributed by atoms with E-state index in [2.05, 4.69) is 13.8 Å². The van der Waals surface area contributed by atoms with Gasteiger partial charge in [0.15, 0.2) is 0 Å². The highest BCUT2D eigenvalue weighted by atomic mass is 16.6. The van der Waals surface area contributed by atoms with Gasteiger partial charge in [-0.2, -0.15) is 0 Å². The second-order valence-corrected chi connectivity index (χ2v) is 9.08. The molecule has 2 unspecified atom stereocenters. The molecule has 0 aromatic heterocycles. The number of aliphatic carboxylic acids is 1. The number of amides is 1. The summed E-state index contributed by atoms with van der Waals surface area (Å²) < 4.78 is 5.55. The van der Waals surface area contributed by atoms with Crippen LogP contribution < -0.4 is 0 Å². The van der Waals surface area contributed by atoms with Crippen molar-refractivity contribution in [3.8, 4) is 0 Å². The summed E-state index contributed by atoms with van der Waals surface area (Å²) in [4.78, 5) is 26.7. The van der Waals surface area contributed by atoms with E-state index in [4.69, 9.17) is 4.74 Å². The Kier molecular flexibility index (Phi) is 4.46. The molecular weight excluding hydrogens is 294 g/mol. The molecule has 0 aromatic carbocycles. The van der Waals surface area contributed by atoms with Gasteiger partial charge < -0.3 is 9.84 Å². The van der Waals surface area contributed by atoms with Crippen molar-refractivity contribution in [1.82, 2.24) is 4.90 Å². The van der Waals surface area contributed by atoms with Crippen LogP contribution in [-0.4, -0.2) is 39.3 Å². The molecule has 2 aliphatic carbocycles. The molecule has 0 aromatic rings. The number of hydrogen-bond donors (Lipinski definition) is 1. The molecule has 2 fully saturated rings. The van der Waals surface area contributed by atoms with Gasteiger partial charge in [-0.25, -0.2) is 9.59 Å². The normalized spacial score (nSPS) is 30.6. The van der Waals surface area contributed by atoms with Gasteiger partial charge in [-0.05, 0) is 64.2 Å². The van der Waals surface area contributed by atoms with Crippen LogP contribution in [0.1, 0.15) is 73.6 Å². The van der Waals surface area contributed by atoms with Crippen molar-refractivity contribution >= 4 is 12.1 Å². The first-order valence-electron chi connectivity index (χ1n) is 8.65. The number of carboxylic acid groups (broad SMARTS) is 1. The Bertz CT molecular complexity index is 490. The molecule has 0 spiro atoms. The highest BCUT2D eigenvalue weighted by molar-refractivity contribution is 5.85. The third kappa shape index (κ3) is 3.64. The van der Waals surface area contributed by atoms with Crippen molar-refractivity contribution in [1.29, 1.82) is 0 Å². The molecule has 1 N–H and O–H groups in total. The lowest BCUT2D eigenvalue weighted by atomic mass is 9.63. The molecule has 2 rings (SSSR count). The van der Waals surface area contributed by atoms with E-state index in [0.29, 0.717) is 6.42 Å². The Labute approximate surface area is 139 Å². The summed E-state index contributed by atoms with van der Waals surface area (Å²) in [5, 5.41) is 10.1. The topological polar surface area (TPSA) is 66.8 Å². The molecular formula is C18H31NO4.